The second-order valence-electron chi connectivity index (χ2n) is 6.55. The van der Waals surface area contributed by atoms with Gasteiger partial charge < -0.3 is 0 Å². The number of carbonyl (C=O) groups excluding carboxylic acids is 1. The Kier molecular flexibility index (Phi) is 3.45. The Hall–Kier alpha value is -2.46. The zero-order chi connectivity index (χ0) is 16.8. The maximum absolute atomic E-state index is 12.9. The van der Waals surface area contributed by atoms with Crippen molar-refractivity contribution in [1.29, 1.82) is 0 Å². The Balaban J connectivity index is 1.49. The molecule has 2 aromatic carbocycles. The van der Waals surface area contributed by atoms with Crippen molar-refractivity contribution in [3.8, 4) is 0 Å². The topological polar surface area (TPSA) is 25.2 Å². The lowest BCUT2D eigenvalue weighted by atomic mass is 9.99. The highest BCUT2D eigenvalue weighted by molar-refractivity contribution is 7.98. The maximum atomic E-state index is 12.9. The Bertz CT molecular complexity index is 934. The van der Waals surface area contributed by atoms with Crippen molar-refractivity contribution in [3.63, 3.8) is 0 Å². The van der Waals surface area contributed by atoms with E-state index < -0.39 is 0 Å². The van der Waals surface area contributed by atoms with Crippen LogP contribution in [0.1, 0.15) is 44.9 Å². The van der Waals surface area contributed by atoms with E-state index in [9.17, 15) is 4.79 Å². The number of aromatic nitrogens is 1. The van der Waals surface area contributed by atoms with Crippen molar-refractivity contribution in [1.82, 2.24) is 4.68 Å². The molecule has 0 unspecified atom stereocenters. The first-order chi connectivity index (χ1) is 12.3. The fourth-order valence-electron chi connectivity index (χ4n) is 3.94. The molecule has 2 aliphatic heterocycles. The molecule has 0 saturated heterocycles. The first-order valence-electron chi connectivity index (χ1n) is 8.58. The molecule has 0 spiro atoms. The van der Waals surface area contributed by atoms with Gasteiger partial charge in [0.2, 0.25) is 0 Å². The zero-order valence-electron chi connectivity index (χ0n) is 13.7. The molecule has 2 atom stereocenters. The minimum Gasteiger partial charge on any atom is -0.267 e. The van der Waals surface area contributed by atoms with Gasteiger partial charge in [0, 0.05) is 22.8 Å². The van der Waals surface area contributed by atoms with E-state index in [4.69, 9.17) is 0 Å². The molecule has 4 heteroatoms. The van der Waals surface area contributed by atoms with E-state index in [1.165, 1.54) is 11.3 Å². The van der Waals surface area contributed by atoms with Crippen LogP contribution in [-0.2, 0) is 5.75 Å². The Morgan fingerprint density at radius 2 is 1.76 bits per heavy atom. The van der Waals surface area contributed by atoms with Crippen molar-refractivity contribution in [2.75, 3.05) is 5.01 Å². The van der Waals surface area contributed by atoms with Crippen LogP contribution in [-0.4, -0.2) is 10.6 Å². The number of rotatable bonds is 3. The summed E-state index contributed by atoms with van der Waals surface area (Å²) in [6, 6.07) is 23.0. The van der Waals surface area contributed by atoms with Gasteiger partial charge in [-0.1, -0.05) is 48.5 Å². The summed E-state index contributed by atoms with van der Waals surface area (Å²) in [7, 11) is 0. The quantitative estimate of drug-likeness (QED) is 0.687. The van der Waals surface area contributed by atoms with Gasteiger partial charge in [-0.2, -0.15) is 0 Å². The van der Waals surface area contributed by atoms with E-state index in [1.807, 2.05) is 47.2 Å². The van der Waals surface area contributed by atoms with E-state index in [0.717, 1.165) is 23.3 Å². The van der Waals surface area contributed by atoms with Crippen molar-refractivity contribution >= 4 is 17.7 Å². The monoisotopic (exact) mass is 346 g/mol. The van der Waals surface area contributed by atoms with Crippen LogP contribution in [0.3, 0.4) is 0 Å². The number of thioether (sulfide) groups is 1. The number of hydrogen-bond donors (Lipinski definition) is 0. The first kappa shape index (κ1) is 14.8. The summed E-state index contributed by atoms with van der Waals surface area (Å²) in [6.45, 7) is 0. The van der Waals surface area contributed by atoms with E-state index >= 15 is 0 Å². The molecule has 3 heterocycles. The molecule has 0 fully saturated rings. The molecule has 1 aromatic heterocycles. The normalized spacial score (nSPS) is 21.0. The average Bonchev–Trinajstić information content (AvgIpc) is 3.25. The molecule has 2 aliphatic rings. The molecule has 0 saturated carbocycles. The summed E-state index contributed by atoms with van der Waals surface area (Å²) in [4.78, 5) is 12.9. The summed E-state index contributed by atoms with van der Waals surface area (Å²) < 4.78 is 2.07. The third kappa shape index (κ3) is 2.32. The van der Waals surface area contributed by atoms with Crippen LogP contribution >= 0.6 is 11.8 Å². The van der Waals surface area contributed by atoms with Crippen LogP contribution in [0.25, 0.3) is 0 Å². The van der Waals surface area contributed by atoms with Crippen molar-refractivity contribution < 1.29 is 4.79 Å². The highest BCUT2D eigenvalue weighted by Crippen LogP contribution is 2.48. The van der Waals surface area contributed by atoms with Gasteiger partial charge in [-0.05, 0) is 35.7 Å². The maximum Gasteiger partial charge on any atom is 0.273 e. The number of hydrogen-bond acceptors (Lipinski definition) is 2. The van der Waals surface area contributed by atoms with Crippen LogP contribution in [0.2, 0.25) is 0 Å². The van der Waals surface area contributed by atoms with Crippen molar-refractivity contribution in [3.05, 3.63) is 95.3 Å². The third-order valence-corrected chi connectivity index (χ3v) is 6.44. The third-order valence-electron chi connectivity index (χ3n) is 5.11. The Labute approximate surface area is 151 Å². The van der Waals surface area contributed by atoms with Gasteiger partial charge in [-0.3, -0.25) is 9.47 Å². The summed E-state index contributed by atoms with van der Waals surface area (Å²) in [5, 5.41) is 2.31. The standard InChI is InChI=1S/C21H18N2OS/c24-21-17-10-5-4-9-16(17)19-13-20(18-11-6-12-22(18)23(19)21)25-14-15-7-2-1-3-8-15/h1-12,19-20H,13-14H2/t19-,20+/m0/s1. The summed E-state index contributed by atoms with van der Waals surface area (Å²) in [6.07, 6.45) is 2.98. The zero-order valence-corrected chi connectivity index (χ0v) is 14.5. The second-order valence-corrected chi connectivity index (χ2v) is 7.74. The number of nitrogens with zero attached hydrogens (tertiary/aromatic N) is 2. The highest BCUT2D eigenvalue weighted by atomic mass is 32.2. The van der Waals surface area contributed by atoms with Gasteiger partial charge in [0.1, 0.15) is 0 Å². The average molecular weight is 346 g/mol. The molecule has 0 N–H and O–H groups in total. The largest absolute Gasteiger partial charge is 0.273 e. The molecule has 3 nitrogen and oxygen atoms in total. The summed E-state index contributed by atoms with van der Waals surface area (Å²) in [5.41, 5.74) is 4.58. The fraction of sp³-hybridized carbons (Fsp3) is 0.190. The van der Waals surface area contributed by atoms with Crippen molar-refractivity contribution in [2.45, 2.75) is 23.5 Å². The smallest absolute Gasteiger partial charge is 0.267 e. The van der Waals surface area contributed by atoms with E-state index in [1.54, 1.807) is 0 Å². The highest BCUT2D eigenvalue weighted by Gasteiger charge is 2.43. The minimum absolute atomic E-state index is 0.115. The number of amides is 1. The minimum atomic E-state index is 0.115. The van der Waals surface area contributed by atoms with Gasteiger partial charge in [-0.15, -0.1) is 11.8 Å². The van der Waals surface area contributed by atoms with E-state index in [0.29, 0.717) is 5.25 Å². The summed E-state index contributed by atoms with van der Waals surface area (Å²) in [5.74, 6) is 1.10. The molecule has 1 amide bonds. The predicted molar refractivity (Wildman–Crippen MR) is 101 cm³/mol. The van der Waals surface area contributed by atoms with E-state index in [-0.39, 0.29) is 11.9 Å². The second kappa shape index (κ2) is 5.81. The van der Waals surface area contributed by atoms with Crippen LogP contribution in [0.4, 0.5) is 0 Å². The molecular formula is C21H18N2OS. The SMILES string of the molecule is O=C1c2ccccc2[C@@H]2C[C@@H](SCc3ccccc3)c3cccn3N12. The van der Waals surface area contributed by atoms with Crippen LogP contribution in [0.15, 0.2) is 72.9 Å². The van der Waals surface area contributed by atoms with Gasteiger partial charge in [-0.25, -0.2) is 5.01 Å². The first-order valence-corrected chi connectivity index (χ1v) is 9.63. The van der Waals surface area contributed by atoms with Crippen molar-refractivity contribution in [2.24, 2.45) is 0 Å². The molecule has 124 valence electrons. The van der Waals surface area contributed by atoms with Crippen LogP contribution in [0, 0.1) is 0 Å². The predicted octanol–water partition coefficient (Wildman–Crippen LogP) is 4.70. The van der Waals surface area contributed by atoms with Gasteiger partial charge >= 0.3 is 0 Å². The fourth-order valence-corrected chi connectivity index (χ4v) is 5.20. The molecule has 25 heavy (non-hydrogen) atoms. The molecule has 0 bridgehead atoms. The lowest BCUT2D eigenvalue weighted by Crippen LogP contribution is -2.42. The summed E-state index contributed by atoms with van der Waals surface area (Å²) >= 11 is 1.96. The lowest BCUT2D eigenvalue weighted by molar-refractivity contribution is 0.0954. The molecule has 0 aliphatic carbocycles. The molecule has 3 aromatic rings. The lowest BCUT2D eigenvalue weighted by Gasteiger charge is -2.37. The Morgan fingerprint density at radius 1 is 0.960 bits per heavy atom. The van der Waals surface area contributed by atoms with Crippen LogP contribution in [0.5, 0.6) is 0 Å². The van der Waals surface area contributed by atoms with E-state index in [2.05, 4.69) is 47.1 Å². The van der Waals surface area contributed by atoms with Gasteiger partial charge in [0.05, 0.1) is 11.7 Å². The molecule has 0 radical (unpaired) electrons. The Morgan fingerprint density at radius 3 is 2.64 bits per heavy atom. The molecule has 5 rings (SSSR count). The number of carbonyl (C=O) groups is 1. The molecular weight excluding hydrogens is 328 g/mol. The van der Waals surface area contributed by atoms with Gasteiger partial charge in [0.15, 0.2) is 0 Å². The van der Waals surface area contributed by atoms with Crippen LogP contribution < -0.4 is 5.01 Å². The van der Waals surface area contributed by atoms with Gasteiger partial charge in [0.25, 0.3) is 5.91 Å². The number of benzene rings is 2. The number of fused-ring (bicyclic) bond motifs is 5.